The van der Waals surface area contributed by atoms with Crippen molar-refractivity contribution in [2.75, 3.05) is 5.75 Å². The minimum Gasteiger partial charge on any atom is -0.310 e. The maximum absolute atomic E-state index is 3.91. The summed E-state index contributed by atoms with van der Waals surface area (Å²) in [5.41, 5.74) is 0. The van der Waals surface area contributed by atoms with E-state index in [1.54, 1.807) is 0 Å². The van der Waals surface area contributed by atoms with Gasteiger partial charge in [0.15, 0.2) is 0 Å². The summed E-state index contributed by atoms with van der Waals surface area (Å²) in [7, 11) is 0. The highest BCUT2D eigenvalue weighted by Crippen LogP contribution is 2.31. The van der Waals surface area contributed by atoms with E-state index in [1.165, 1.54) is 31.4 Å². The first-order valence-electron chi connectivity index (χ1n) is 6.52. The summed E-state index contributed by atoms with van der Waals surface area (Å²) in [6, 6.07) is 1.59. The SMILES string of the molecule is CC1CC(C)CC(NC2CCSC2C)C1. The summed E-state index contributed by atoms with van der Waals surface area (Å²) in [5, 5.41) is 4.74. The largest absolute Gasteiger partial charge is 0.310 e. The van der Waals surface area contributed by atoms with E-state index in [0.29, 0.717) is 0 Å². The van der Waals surface area contributed by atoms with Crippen molar-refractivity contribution in [3.8, 4) is 0 Å². The Labute approximate surface area is 98.8 Å². The van der Waals surface area contributed by atoms with E-state index < -0.39 is 0 Å². The van der Waals surface area contributed by atoms with Gasteiger partial charge in [-0.2, -0.15) is 11.8 Å². The van der Waals surface area contributed by atoms with Gasteiger partial charge in [-0.1, -0.05) is 20.8 Å². The molecule has 1 N–H and O–H groups in total. The Morgan fingerprint density at radius 1 is 1.00 bits per heavy atom. The molecule has 0 aromatic rings. The van der Waals surface area contributed by atoms with Crippen molar-refractivity contribution >= 4 is 11.8 Å². The summed E-state index contributed by atoms with van der Waals surface area (Å²) in [6.45, 7) is 7.21. The Hall–Kier alpha value is 0.310. The first-order valence-corrected chi connectivity index (χ1v) is 7.57. The maximum atomic E-state index is 3.91. The van der Waals surface area contributed by atoms with Gasteiger partial charge in [0.2, 0.25) is 0 Å². The van der Waals surface area contributed by atoms with Gasteiger partial charge in [-0.25, -0.2) is 0 Å². The van der Waals surface area contributed by atoms with Crippen LogP contribution in [0.15, 0.2) is 0 Å². The van der Waals surface area contributed by atoms with Crippen LogP contribution < -0.4 is 5.32 Å². The number of thioether (sulfide) groups is 1. The van der Waals surface area contributed by atoms with Crippen molar-refractivity contribution in [1.29, 1.82) is 0 Å². The number of hydrogen-bond donors (Lipinski definition) is 1. The fourth-order valence-electron chi connectivity index (χ4n) is 3.34. The van der Waals surface area contributed by atoms with E-state index in [0.717, 1.165) is 29.2 Å². The summed E-state index contributed by atoms with van der Waals surface area (Å²) in [5.74, 6) is 3.21. The van der Waals surface area contributed by atoms with Crippen molar-refractivity contribution in [2.45, 2.75) is 63.8 Å². The average molecular weight is 227 g/mol. The molecule has 1 saturated carbocycles. The number of rotatable bonds is 2. The molecule has 88 valence electrons. The van der Waals surface area contributed by atoms with Gasteiger partial charge in [0.05, 0.1) is 0 Å². The lowest BCUT2D eigenvalue weighted by Gasteiger charge is -2.34. The van der Waals surface area contributed by atoms with E-state index in [1.807, 2.05) is 0 Å². The number of nitrogens with one attached hydrogen (secondary N) is 1. The maximum Gasteiger partial charge on any atom is 0.0194 e. The van der Waals surface area contributed by atoms with Crippen LogP contribution in [0.2, 0.25) is 0 Å². The molecule has 1 heterocycles. The second-order valence-corrected chi connectivity index (χ2v) is 7.24. The van der Waals surface area contributed by atoms with Gasteiger partial charge in [-0.15, -0.1) is 0 Å². The van der Waals surface area contributed by atoms with Crippen LogP contribution in [0.5, 0.6) is 0 Å². The minimum atomic E-state index is 0.789. The zero-order valence-electron chi connectivity index (χ0n) is 10.3. The molecule has 1 nitrogen and oxygen atoms in total. The van der Waals surface area contributed by atoms with Crippen molar-refractivity contribution in [2.24, 2.45) is 11.8 Å². The van der Waals surface area contributed by atoms with Crippen molar-refractivity contribution in [3.63, 3.8) is 0 Å². The molecule has 0 bridgehead atoms. The predicted octanol–water partition coefficient (Wildman–Crippen LogP) is 3.29. The molecular formula is C13H25NS. The Morgan fingerprint density at radius 2 is 1.67 bits per heavy atom. The Kier molecular flexibility index (Phi) is 4.00. The first-order chi connectivity index (χ1) is 7.15. The molecule has 4 atom stereocenters. The predicted molar refractivity (Wildman–Crippen MR) is 69.4 cm³/mol. The molecule has 0 spiro atoms. The Balaban J connectivity index is 1.83. The molecule has 0 radical (unpaired) electrons. The molecule has 2 aliphatic rings. The van der Waals surface area contributed by atoms with Gasteiger partial charge < -0.3 is 5.32 Å². The molecule has 0 aromatic carbocycles. The second kappa shape index (κ2) is 5.09. The fraction of sp³-hybridized carbons (Fsp3) is 1.00. The third-order valence-corrected chi connectivity index (χ3v) is 5.33. The molecule has 0 aromatic heterocycles. The van der Waals surface area contributed by atoms with Crippen LogP contribution in [0.25, 0.3) is 0 Å². The quantitative estimate of drug-likeness (QED) is 0.777. The molecular weight excluding hydrogens is 202 g/mol. The highest BCUT2D eigenvalue weighted by molar-refractivity contribution is 8.00. The van der Waals surface area contributed by atoms with Crippen LogP contribution in [0, 0.1) is 11.8 Å². The normalized spacial score (nSPS) is 47.0. The van der Waals surface area contributed by atoms with Gasteiger partial charge in [0.1, 0.15) is 0 Å². The zero-order valence-corrected chi connectivity index (χ0v) is 11.1. The van der Waals surface area contributed by atoms with Crippen LogP contribution in [0.1, 0.15) is 46.5 Å². The minimum absolute atomic E-state index is 0.789. The summed E-state index contributed by atoms with van der Waals surface area (Å²) < 4.78 is 0. The van der Waals surface area contributed by atoms with Crippen LogP contribution in [-0.2, 0) is 0 Å². The molecule has 4 unspecified atom stereocenters. The van der Waals surface area contributed by atoms with Gasteiger partial charge in [-0.05, 0) is 43.3 Å². The lowest BCUT2D eigenvalue weighted by atomic mass is 9.80. The zero-order chi connectivity index (χ0) is 10.8. The molecule has 2 rings (SSSR count). The van der Waals surface area contributed by atoms with Crippen LogP contribution >= 0.6 is 11.8 Å². The first kappa shape index (κ1) is 11.8. The monoisotopic (exact) mass is 227 g/mol. The Morgan fingerprint density at radius 3 is 2.20 bits per heavy atom. The lowest BCUT2D eigenvalue weighted by molar-refractivity contribution is 0.225. The van der Waals surface area contributed by atoms with Crippen LogP contribution in [-0.4, -0.2) is 23.1 Å². The van der Waals surface area contributed by atoms with Gasteiger partial charge >= 0.3 is 0 Å². The highest BCUT2D eigenvalue weighted by Gasteiger charge is 2.29. The van der Waals surface area contributed by atoms with E-state index >= 15 is 0 Å². The van der Waals surface area contributed by atoms with Gasteiger partial charge in [0.25, 0.3) is 0 Å². The molecule has 15 heavy (non-hydrogen) atoms. The van der Waals surface area contributed by atoms with Crippen molar-refractivity contribution in [3.05, 3.63) is 0 Å². The van der Waals surface area contributed by atoms with E-state index in [-0.39, 0.29) is 0 Å². The fourth-order valence-corrected chi connectivity index (χ4v) is 4.55. The van der Waals surface area contributed by atoms with Crippen molar-refractivity contribution < 1.29 is 0 Å². The van der Waals surface area contributed by atoms with Crippen LogP contribution in [0.3, 0.4) is 0 Å². The summed E-state index contributed by atoms with van der Waals surface area (Å²) >= 11 is 2.13. The number of hydrogen-bond acceptors (Lipinski definition) is 2. The summed E-state index contributed by atoms with van der Waals surface area (Å²) in [4.78, 5) is 0. The smallest absolute Gasteiger partial charge is 0.0194 e. The van der Waals surface area contributed by atoms with E-state index in [2.05, 4.69) is 37.8 Å². The standard InChI is InChI=1S/C13H25NS/c1-9-6-10(2)8-12(7-9)14-13-4-5-15-11(13)3/h9-14H,4-8H2,1-3H3. The third-order valence-electron chi connectivity index (χ3n) is 4.00. The Bertz CT molecular complexity index is 197. The molecule has 1 aliphatic carbocycles. The molecule has 2 fully saturated rings. The van der Waals surface area contributed by atoms with Crippen molar-refractivity contribution in [1.82, 2.24) is 5.32 Å². The van der Waals surface area contributed by atoms with Crippen LogP contribution in [0.4, 0.5) is 0 Å². The second-order valence-electron chi connectivity index (χ2n) is 5.75. The van der Waals surface area contributed by atoms with E-state index in [9.17, 15) is 0 Å². The highest BCUT2D eigenvalue weighted by atomic mass is 32.2. The molecule has 2 heteroatoms. The van der Waals surface area contributed by atoms with Gasteiger partial charge in [-0.3, -0.25) is 0 Å². The topological polar surface area (TPSA) is 12.0 Å². The third kappa shape index (κ3) is 3.13. The lowest BCUT2D eigenvalue weighted by Crippen LogP contribution is -2.44. The van der Waals surface area contributed by atoms with E-state index in [4.69, 9.17) is 0 Å². The van der Waals surface area contributed by atoms with Gasteiger partial charge in [0, 0.05) is 17.3 Å². The molecule has 1 aliphatic heterocycles. The summed E-state index contributed by atoms with van der Waals surface area (Å²) in [6.07, 6.45) is 5.62. The average Bonchev–Trinajstić information content (AvgIpc) is 2.50. The molecule has 0 amide bonds. The molecule has 1 saturated heterocycles.